The number of hydrogen-bond acceptors (Lipinski definition) is 13. The molecule has 0 radical (unpaired) electrons. The Morgan fingerprint density at radius 3 is 1.13 bits per heavy atom. The van der Waals surface area contributed by atoms with Crippen molar-refractivity contribution in [2.24, 2.45) is 0 Å². The Kier molecular flexibility index (Phi) is 59.0. The molecule has 0 aromatic rings. The average Bonchev–Trinajstić information content (AvgIpc) is 0.794. The summed E-state index contributed by atoms with van der Waals surface area (Å²) >= 11 is 0. The van der Waals surface area contributed by atoms with Gasteiger partial charge >= 0.3 is 0 Å². The van der Waals surface area contributed by atoms with Crippen molar-refractivity contribution in [1.82, 2.24) is 5.32 Å². The monoisotopic (exact) mass is 1350 g/mol. The number of ether oxygens (including phenoxy) is 4. The predicted molar refractivity (Wildman–Crippen MR) is 400 cm³/mol. The van der Waals surface area contributed by atoms with Gasteiger partial charge in [0.2, 0.25) is 5.91 Å². The first-order valence-corrected chi connectivity index (χ1v) is 37.9. The van der Waals surface area contributed by atoms with Crippen molar-refractivity contribution >= 4 is 5.91 Å². The third kappa shape index (κ3) is 47.9. The maximum Gasteiger partial charge on any atom is 0.220 e. The van der Waals surface area contributed by atoms with Gasteiger partial charge in [0.05, 0.1) is 32.0 Å². The molecule has 0 aliphatic carbocycles. The Morgan fingerprint density at radius 1 is 0.381 bits per heavy atom. The molecule has 2 aliphatic rings. The third-order valence-corrected chi connectivity index (χ3v) is 17.1. The molecule has 2 saturated heterocycles. The van der Waals surface area contributed by atoms with Crippen LogP contribution in [0, 0.1) is 0 Å². The van der Waals surface area contributed by atoms with Gasteiger partial charge in [0.25, 0.3) is 0 Å². The molecule has 14 heteroatoms. The lowest BCUT2D eigenvalue weighted by Crippen LogP contribution is -2.65. The van der Waals surface area contributed by atoms with E-state index in [1.165, 1.54) is 103 Å². The van der Waals surface area contributed by atoms with Crippen molar-refractivity contribution in [3.8, 4) is 0 Å². The maximum atomic E-state index is 13.3. The molecule has 0 aromatic heterocycles. The van der Waals surface area contributed by atoms with Crippen LogP contribution in [0.25, 0.3) is 0 Å². The molecule has 0 saturated carbocycles. The lowest BCUT2D eigenvalue weighted by Gasteiger charge is -2.46. The summed E-state index contributed by atoms with van der Waals surface area (Å²) in [6, 6.07) is -0.960. The van der Waals surface area contributed by atoms with Gasteiger partial charge in [-0.1, -0.05) is 293 Å². The highest BCUT2D eigenvalue weighted by molar-refractivity contribution is 5.76. The van der Waals surface area contributed by atoms with Crippen molar-refractivity contribution in [3.05, 3.63) is 170 Å². The molecule has 550 valence electrons. The van der Waals surface area contributed by atoms with Crippen molar-refractivity contribution < 1.29 is 64.6 Å². The second-order valence-corrected chi connectivity index (χ2v) is 25.7. The van der Waals surface area contributed by atoms with Gasteiger partial charge in [-0.2, -0.15) is 0 Å². The minimum Gasteiger partial charge on any atom is -0.394 e. The highest BCUT2D eigenvalue weighted by Crippen LogP contribution is 2.30. The zero-order valence-electron chi connectivity index (χ0n) is 60.0. The molecule has 12 atom stereocenters. The van der Waals surface area contributed by atoms with Gasteiger partial charge in [0.15, 0.2) is 12.6 Å². The third-order valence-electron chi connectivity index (χ3n) is 17.1. The summed E-state index contributed by atoms with van der Waals surface area (Å²) in [5.74, 6) is -0.279. The lowest BCUT2D eigenvalue weighted by molar-refractivity contribution is -0.359. The zero-order valence-corrected chi connectivity index (χ0v) is 60.0. The van der Waals surface area contributed by atoms with E-state index in [-0.39, 0.29) is 18.9 Å². The number of aliphatic hydroxyl groups excluding tert-OH is 8. The van der Waals surface area contributed by atoms with Crippen LogP contribution in [0.4, 0.5) is 0 Å². The number of hydrogen-bond donors (Lipinski definition) is 9. The number of carbonyl (C=O) groups is 1. The van der Waals surface area contributed by atoms with Gasteiger partial charge in [-0.25, -0.2) is 0 Å². The van der Waals surface area contributed by atoms with Crippen molar-refractivity contribution in [2.75, 3.05) is 19.8 Å². The predicted octanol–water partition coefficient (Wildman–Crippen LogP) is 16.7. The van der Waals surface area contributed by atoms with E-state index in [0.29, 0.717) is 12.8 Å². The molecule has 2 heterocycles. The van der Waals surface area contributed by atoms with Crippen LogP contribution >= 0.6 is 0 Å². The van der Waals surface area contributed by atoms with Crippen LogP contribution in [0.3, 0.4) is 0 Å². The fraction of sp³-hybridized carbons (Fsp3) is 0.651. The van der Waals surface area contributed by atoms with Crippen molar-refractivity contribution in [2.45, 2.75) is 325 Å². The van der Waals surface area contributed by atoms with E-state index >= 15 is 0 Å². The summed E-state index contributed by atoms with van der Waals surface area (Å²) in [5, 5.41) is 87.5. The Labute approximate surface area is 588 Å². The maximum absolute atomic E-state index is 13.3. The first-order chi connectivity index (χ1) is 47.6. The number of carbonyl (C=O) groups excluding carboxylic acids is 1. The first kappa shape index (κ1) is 88.4. The number of amides is 1. The second-order valence-electron chi connectivity index (χ2n) is 25.7. The molecule has 0 spiro atoms. The van der Waals surface area contributed by atoms with E-state index in [2.05, 4.69) is 177 Å². The Bertz CT molecular complexity index is 2290. The van der Waals surface area contributed by atoms with Crippen LogP contribution in [0.5, 0.6) is 0 Å². The van der Waals surface area contributed by atoms with E-state index < -0.39 is 86.8 Å². The standard InChI is InChI=1S/C83H135NO13/c1-3-5-7-9-11-13-15-17-19-21-23-25-27-28-29-30-31-32-33-34-35-36-37-38-39-40-41-42-43-44-45-47-49-51-53-55-57-59-61-63-65-67-75(88)84-71(70-94-82-80(93)78(91)81(74(69-86)96-82)97-83-79(92)77(90)76(89)73(68-85)95-83)72(87)66-64-62-60-58-56-54-52-50-48-46-26-24-22-20-18-16-14-12-10-8-6-4-2/h5,7,11,13,17,19,23,25,28-29,31-32,34-35,37-38,40-41,43-44,47,49,53,55-56,58,64,66,71-74,76-83,85-87,89-93H,3-4,6,8-10,12,14-16,18,20-22,24,26-27,30,33,36,39,42,45-46,48,50-52,54,57,59-63,65,67-70H2,1-2H3,(H,84,88)/b7-5-,13-11-,19-17-,25-23-,29-28-,32-31-,35-34-,38-37-,41-40-,44-43-,49-47-,55-53-,58-56+,66-64+. The number of unbranched alkanes of at least 4 members (excludes halogenated alkanes) is 21. The van der Waals surface area contributed by atoms with Gasteiger partial charge in [-0.05, 0) is 122 Å². The van der Waals surface area contributed by atoms with Crippen molar-refractivity contribution in [1.29, 1.82) is 0 Å². The number of rotatable bonds is 60. The SMILES string of the molecule is CC/C=C\C/C=C\C/C=C\C/C=C\C/C=C\C/C=C\C/C=C\C/C=C\C/C=C\C/C=C\C/C=C\C/C=C\CCCCCCC(=O)NC(COC1OC(CO)C(OC2OC(CO)C(O)C(O)C2O)C(O)C1O)C(O)/C=C/CC/C=C/CCCCCCCCCCCCCCCCCC. The van der Waals surface area contributed by atoms with E-state index in [1.54, 1.807) is 6.08 Å². The molecule has 0 aromatic carbocycles. The van der Waals surface area contributed by atoms with Gasteiger partial charge in [0, 0.05) is 6.42 Å². The molecule has 2 aliphatic heterocycles. The van der Waals surface area contributed by atoms with Crippen molar-refractivity contribution in [3.63, 3.8) is 0 Å². The molecule has 97 heavy (non-hydrogen) atoms. The van der Waals surface area contributed by atoms with Crippen LogP contribution in [0.15, 0.2) is 170 Å². The highest BCUT2D eigenvalue weighted by atomic mass is 16.7. The van der Waals surface area contributed by atoms with Gasteiger partial charge in [0.1, 0.15) is 48.8 Å². The van der Waals surface area contributed by atoms with Crippen LogP contribution < -0.4 is 5.32 Å². The van der Waals surface area contributed by atoms with Gasteiger partial charge < -0.3 is 65.1 Å². The summed E-state index contributed by atoms with van der Waals surface area (Å²) in [4.78, 5) is 13.3. The van der Waals surface area contributed by atoms with E-state index in [9.17, 15) is 45.6 Å². The molecule has 2 rings (SSSR count). The minimum atomic E-state index is -1.80. The molecule has 0 bridgehead atoms. The second kappa shape index (κ2) is 64.7. The molecular formula is C83H135NO13. The fourth-order valence-electron chi connectivity index (χ4n) is 11.2. The smallest absolute Gasteiger partial charge is 0.220 e. The lowest BCUT2D eigenvalue weighted by atomic mass is 9.97. The Balaban J connectivity index is 1.67. The number of nitrogens with one attached hydrogen (secondary N) is 1. The molecular weight excluding hydrogens is 1220 g/mol. The molecule has 12 unspecified atom stereocenters. The Hall–Kier alpha value is -4.65. The number of allylic oxidation sites excluding steroid dienone is 27. The van der Waals surface area contributed by atoms with E-state index in [0.717, 1.165) is 116 Å². The summed E-state index contributed by atoms with van der Waals surface area (Å²) in [6.07, 6.45) is 84.1. The summed E-state index contributed by atoms with van der Waals surface area (Å²) in [7, 11) is 0. The minimum absolute atomic E-state index is 0.233. The summed E-state index contributed by atoms with van der Waals surface area (Å²) in [6.45, 7) is 2.65. The van der Waals surface area contributed by atoms with Crippen LogP contribution in [0.1, 0.15) is 251 Å². The quantitative estimate of drug-likeness (QED) is 0.0204. The number of aliphatic hydroxyl groups is 8. The first-order valence-electron chi connectivity index (χ1n) is 37.9. The van der Waals surface area contributed by atoms with E-state index in [4.69, 9.17) is 18.9 Å². The summed E-state index contributed by atoms with van der Waals surface area (Å²) < 4.78 is 22.8. The fourth-order valence-corrected chi connectivity index (χ4v) is 11.2. The van der Waals surface area contributed by atoms with Crippen LogP contribution in [0.2, 0.25) is 0 Å². The highest BCUT2D eigenvalue weighted by Gasteiger charge is 2.51. The van der Waals surface area contributed by atoms with Crippen LogP contribution in [-0.4, -0.2) is 140 Å². The molecule has 9 N–H and O–H groups in total. The largest absolute Gasteiger partial charge is 0.394 e. The van der Waals surface area contributed by atoms with Crippen LogP contribution in [-0.2, 0) is 23.7 Å². The van der Waals surface area contributed by atoms with Gasteiger partial charge in [-0.15, -0.1) is 0 Å². The normalized spacial score (nSPS) is 23.2. The molecule has 2 fully saturated rings. The molecule has 14 nitrogen and oxygen atoms in total. The van der Waals surface area contributed by atoms with Gasteiger partial charge in [-0.3, -0.25) is 4.79 Å². The van der Waals surface area contributed by atoms with E-state index in [1.807, 2.05) is 6.08 Å². The molecule has 1 amide bonds. The average molecular weight is 1350 g/mol. The topological polar surface area (TPSA) is 228 Å². The Morgan fingerprint density at radius 2 is 0.722 bits per heavy atom. The zero-order chi connectivity index (χ0) is 70.1. The summed E-state index contributed by atoms with van der Waals surface area (Å²) in [5.41, 5.74) is 0.